The molecule has 2 heterocycles. The number of carbonyl (C=O) groups excluding carboxylic acids is 1. The van der Waals surface area contributed by atoms with E-state index >= 15 is 0 Å². The predicted octanol–water partition coefficient (Wildman–Crippen LogP) is 1.60. The Morgan fingerprint density at radius 2 is 1.96 bits per heavy atom. The molecule has 1 amide bonds. The van der Waals surface area contributed by atoms with E-state index in [0.29, 0.717) is 25.1 Å². The lowest BCUT2D eigenvalue weighted by Crippen LogP contribution is -2.55. The molecule has 1 aromatic rings. The average molecular weight is 362 g/mol. The Hall–Kier alpha value is -2.28. The van der Waals surface area contributed by atoms with Gasteiger partial charge in [0.2, 0.25) is 5.91 Å². The quantitative estimate of drug-likeness (QED) is 0.857. The molecule has 2 saturated heterocycles. The molecule has 2 aliphatic heterocycles. The van der Waals surface area contributed by atoms with Crippen molar-refractivity contribution in [2.45, 2.75) is 31.3 Å². The molecule has 0 aliphatic carbocycles. The van der Waals surface area contributed by atoms with Gasteiger partial charge in [-0.05, 0) is 18.9 Å². The lowest BCUT2D eigenvalue weighted by atomic mass is 9.77. The summed E-state index contributed by atoms with van der Waals surface area (Å²) in [6, 6.07) is 5.81. The molecular weight excluding hydrogens is 336 g/mol. The molecule has 2 fully saturated rings. The normalized spacial score (nSPS) is 22.7. The molecule has 1 aromatic carbocycles. The molecule has 1 spiro atoms. The van der Waals surface area contributed by atoms with Gasteiger partial charge in [-0.1, -0.05) is 12.1 Å². The second-order valence-corrected chi connectivity index (χ2v) is 7.08. The van der Waals surface area contributed by atoms with Crippen LogP contribution in [0.25, 0.3) is 0 Å². The number of methoxy groups -OCH3 is 2. The van der Waals surface area contributed by atoms with E-state index < -0.39 is 17.4 Å². The van der Waals surface area contributed by atoms with Crippen molar-refractivity contribution in [2.75, 3.05) is 34.4 Å². The summed E-state index contributed by atoms with van der Waals surface area (Å²) in [5.41, 5.74) is 0.478. The fourth-order valence-corrected chi connectivity index (χ4v) is 4.40. The summed E-state index contributed by atoms with van der Waals surface area (Å²) in [5, 5.41) is 9.57. The summed E-state index contributed by atoms with van der Waals surface area (Å²) in [7, 11) is 4.99. The second-order valence-electron chi connectivity index (χ2n) is 7.08. The maximum absolute atomic E-state index is 12.1. The molecule has 2 aliphatic rings. The van der Waals surface area contributed by atoms with E-state index in [0.717, 1.165) is 24.4 Å². The molecule has 0 bridgehead atoms. The molecular formula is C19H26N2O5. The van der Waals surface area contributed by atoms with Gasteiger partial charge in [-0.25, -0.2) is 0 Å². The largest absolute Gasteiger partial charge is 0.493 e. The number of hydrogen-bond acceptors (Lipinski definition) is 5. The first-order valence-corrected chi connectivity index (χ1v) is 8.84. The molecule has 26 heavy (non-hydrogen) atoms. The summed E-state index contributed by atoms with van der Waals surface area (Å²) >= 11 is 0. The fourth-order valence-electron chi connectivity index (χ4n) is 4.40. The van der Waals surface area contributed by atoms with E-state index in [1.165, 1.54) is 0 Å². The van der Waals surface area contributed by atoms with E-state index in [9.17, 15) is 14.7 Å². The maximum atomic E-state index is 12.1. The number of hydrogen-bond donors (Lipinski definition) is 1. The van der Waals surface area contributed by atoms with Gasteiger partial charge in [0.15, 0.2) is 11.5 Å². The zero-order valence-electron chi connectivity index (χ0n) is 15.5. The molecule has 1 N–H and O–H groups in total. The third kappa shape index (κ3) is 3.00. The van der Waals surface area contributed by atoms with E-state index in [1.54, 1.807) is 26.2 Å². The molecule has 1 atom stereocenters. The Bertz CT molecular complexity index is 697. The average Bonchev–Trinajstić information content (AvgIpc) is 2.88. The minimum atomic E-state index is -0.870. The highest BCUT2D eigenvalue weighted by Gasteiger charge is 2.55. The van der Waals surface area contributed by atoms with Crippen molar-refractivity contribution in [3.8, 4) is 11.5 Å². The molecule has 0 aromatic heterocycles. The standard InChI is InChI=1S/C19H26N2O5/c1-20-16(22)11-14(18(23)24)19(20)7-9-21(10-8-19)12-13-5-4-6-15(25-2)17(13)26-3/h4-6,14H,7-12H2,1-3H3,(H,23,24). The van der Waals surface area contributed by atoms with Crippen molar-refractivity contribution in [1.82, 2.24) is 9.80 Å². The van der Waals surface area contributed by atoms with Gasteiger partial charge in [-0.3, -0.25) is 14.5 Å². The number of nitrogens with zero attached hydrogens (tertiary/aromatic N) is 2. The minimum absolute atomic E-state index is 0.0692. The number of para-hydroxylation sites is 1. The van der Waals surface area contributed by atoms with Gasteiger partial charge in [0.05, 0.1) is 25.7 Å². The van der Waals surface area contributed by atoms with Crippen LogP contribution < -0.4 is 9.47 Å². The third-order valence-electron chi connectivity index (χ3n) is 5.97. The molecule has 3 rings (SSSR count). The van der Waals surface area contributed by atoms with Crippen molar-refractivity contribution in [3.63, 3.8) is 0 Å². The van der Waals surface area contributed by atoms with E-state index in [2.05, 4.69) is 4.90 Å². The summed E-state index contributed by atoms with van der Waals surface area (Å²) in [5.74, 6) is -0.128. The van der Waals surface area contributed by atoms with Crippen LogP contribution in [0.5, 0.6) is 11.5 Å². The number of likely N-dealkylation sites (tertiary alicyclic amines) is 2. The molecule has 0 saturated carbocycles. The Kier molecular flexibility index (Phi) is 5.09. The summed E-state index contributed by atoms with van der Waals surface area (Å²) in [4.78, 5) is 27.7. The summed E-state index contributed by atoms with van der Waals surface area (Å²) in [6.45, 7) is 2.18. The minimum Gasteiger partial charge on any atom is -0.493 e. The van der Waals surface area contributed by atoms with E-state index in [1.807, 2.05) is 18.2 Å². The first-order valence-electron chi connectivity index (χ1n) is 8.84. The first-order chi connectivity index (χ1) is 12.4. The molecule has 7 heteroatoms. The number of piperidine rings is 1. The van der Waals surface area contributed by atoms with Crippen molar-refractivity contribution >= 4 is 11.9 Å². The van der Waals surface area contributed by atoms with Crippen LogP contribution in [0.15, 0.2) is 18.2 Å². The van der Waals surface area contributed by atoms with Crippen LogP contribution >= 0.6 is 0 Å². The Morgan fingerprint density at radius 1 is 1.27 bits per heavy atom. The zero-order valence-corrected chi connectivity index (χ0v) is 15.5. The summed E-state index contributed by atoms with van der Waals surface area (Å²) in [6.07, 6.45) is 1.44. The predicted molar refractivity (Wildman–Crippen MR) is 95.3 cm³/mol. The lowest BCUT2D eigenvalue weighted by Gasteiger charge is -2.45. The zero-order chi connectivity index (χ0) is 18.9. The third-order valence-corrected chi connectivity index (χ3v) is 5.97. The number of aliphatic carboxylic acids is 1. The first kappa shape index (κ1) is 18.5. The Morgan fingerprint density at radius 3 is 2.54 bits per heavy atom. The SMILES string of the molecule is COc1cccc(CN2CCC3(CC2)C(C(=O)O)CC(=O)N3C)c1OC. The maximum Gasteiger partial charge on any atom is 0.309 e. The van der Waals surface area contributed by atoms with Gasteiger partial charge in [0.25, 0.3) is 0 Å². The van der Waals surface area contributed by atoms with Gasteiger partial charge in [-0.15, -0.1) is 0 Å². The highest BCUT2D eigenvalue weighted by Crippen LogP contribution is 2.43. The van der Waals surface area contributed by atoms with Crippen LogP contribution in [0.1, 0.15) is 24.8 Å². The smallest absolute Gasteiger partial charge is 0.309 e. The van der Waals surface area contributed by atoms with Crippen molar-refractivity contribution < 1.29 is 24.2 Å². The number of rotatable bonds is 5. The number of carboxylic acid groups (broad SMARTS) is 1. The van der Waals surface area contributed by atoms with Crippen LogP contribution in [-0.4, -0.2) is 66.7 Å². The fraction of sp³-hybridized carbons (Fsp3) is 0.579. The van der Waals surface area contributed by atoms with Crippen molar-refractivity contribution in [1.29, 1.82) is 0 Å². The van der Waals surface area contributed by atoms with Crippen LogP contribution in [0.2, 0.25) is 0 Å². The van der Waals surface area contributed by atoms with Gasteiger partial charge in [-0.2, -0.15) is 0 Å². The highest BCUT2D eigenvalue weighted by atomic mass is 16.5. The number of benzene rings is 1. The molecule has 7 nitrogen and oxygen atoms in total. The van der Waals surface area contributed by atoms with Crippen molar-refractivity contribution in [2.24, 2.45) is 5.92 Å². The van der Waals surface area contributed by atoms with E-state index in [4.69, 9.17) is 9.47 Å². The Balaban J connectivity index is 1.73. The van der Waals surface area contributed by atoms with Crippen LogP contribution in [0, 0.1) is 5.92 Å². The number of ether oxygens (including phenoxy) is 2. The molecule has 1 unspecified atom stereocenters. The van der Waals surface area contributed by atoms with Gasteiger partial charge >= 0.3 is 5.97 Å². The van der Waals surface area contributed by atoms with Crippen LogP contribution in [-0.2, 0) is 16.1 Å². The highest BCUT2D eigenvalue weighted by molar-refractivity contribution is 5.88. The van der Waals surface area contributed by atoms with E-state index in [-0.39, 0.29) is 12.3 Å². The number of amides is 1. The topological polar surface area (TPSA) is 79.3 Å². The lowest BCUT2D eigenvalue weighted by molar-refractivity contribution is -0.146. The van der Waals surface area contributed by atoms with Gasteiger partial charge in [0, 0.05) is 38.7 Å². The van der Waals surface area contributed by atoms with Gasteiger partial charge in [0.1, 0.15) is 0 Å². The van der Waals surface area contributed by atoms with Crippen LogP contribution in [0.4, 0.5) is 0 Å². The Labute approximate surface area is 153 Å². The summed E-state index contributed by atoms with van der Waals surface area (Å²) < 4.78 is 10.9. The number of carbonyl (C=O) groups is 2. The van der Waals surface area contributed by atoms with Crippen LogP contribution in [0.3, 0.4) is 0 Å². The second kappa shape index (κ2) is 7.15. The monoisotopic (exact) mass is 362 g/mol. The number of carboxylic acids is 1. The molecule has 0 radical (unpaired) electrons. The molecule has 142 valence electrons. The van der Waals surface area contributed by atoms with Gasteiger partial charge < -0.3 is 19.5 Å². The van der Waals surface area contributed by atoms with Crippen molar-refractivity contribution in [3.05, 3.63) is 23.8 Å².